The number of ether oxygens (including phenoxy) is 1. The average Bonchev–Trinajstić information content (AvgIpc) is 2.82. The van der Waals surface area contributed by atoms with Crippen LogP contribution in [0.1, 0.15) is 10.5 Å². The topological polar surface area (TPSA) is 80.8 Å². The third kappa shape index (κ3) is 1.83. The first-order chi connectivity index (χ1) is 7.31. The summed E-state index contributed by atoms with van der Waals surface area (Å²) in [6.07, 6.45) is 4.47. The third-order valence-electron chi connectivity index (χ3n) is 1.82. The number of hydrogen-bond acceptors (Lipinski definition) is 5. The Hall–Kier alpha value is -2.24. The number of hydrogen-bond donors (Lipinski definition) is 1. The third-order valence-corrected chi connectivity index (χ3v) is 1.82. The van der Waals surface area contributed by atoms with Gasteiger partial charge in [0.25, 0.3) is 0 Å². The molecule has 2 heterocycles. The summed E-state index contributed by atoms with van der Waals surface area (Å²) >= 11 is 0. The molecular weight excluding hydrogens is 196 g/mol. The molecule has 2 aromatic heterocycles. The van der Waals surface area contributed by atoms with Crippen LogP contribution in [0.2, 0.25) is 0 Å². The van der Waals surface area contributed by atoms with Crippen molar-refractivity contribution in [1.82, 2.24) is 20.2 Å². The van der Waals surface area contributed by atoms with E-state index in [1.807, 2.05) is 0 Å². The monoisotopic (exact) mass is 204 g/mol. The Labute approximate surface area is 85.3 Å². The molecule has 0 radical (unpaired) electrons. The van der Waals surface area contributed by atoms with Crippen molar-refractivity contribution in [2.45, 2.75) is 0 Å². The van der Waals surface area contributed by atoms with E-state index in [4.69, 9.17) is 0 Å². The lowest BCUT2D eigenvalue weighted by molar-refractivity contribution is 0.0593. The molecular formula is C9H8N4O2. The number of aromatic amines is 1. The highest BCUT2D eigenvalue weighted by molar-refractivity contribution is 5.86. The molecule has 6 heteroatoms. The van der Waals surface area contributed by atoms with Crippen molar-refractivity contribution in [2.24, 2.45) is 0 Å². The number of H-pyrrole nitrogens is 1. The Morgan fingerprint density at radius 3 is 2.80 bits per heavy atom. The van der Waals surface area contributed by atoms with Gasteiger partial charge in [0.1, 0.15) is 5.69 Å². The predicted molar refractivity (Wildman–Crippen MR) is 51.0 cm³/mol. The second-order valence-corrected chi connectivity index (χ2v) is 2.75. The number of nitrogens with zero attached hydrogens (tertiary/aromatic N) is 3. The molecule has 6 nitrogen and oxygen atoms in total. The van der Waals surface area contributed by atoms with Crippen LogP contribution in [0.3, 0.4) is 0 Å². The van der Waals surface area contributed by atoms with Crippen molar-refractivity contribution in [1.29, 1.82) is 0 Å². The van der Waals surface area contributed by atoms with E-state index in [2.05, 4.69) is 24.9 Å². The minimum Gasteiger partial charge on any atom is -0.464 e. The molecule has 0 unspecified atom stereocenters. The quantitative estimate of drug-likeness (QED) is 0.726. The molecule has 2 aromatic rings. The van der Waals surface area contributed by atoms with Gasteiger partial charge in [-0.15, -0.1) is 0 Å². The highest BCUT2D eigenvalue weighted by Gasteiger charge is 2.08. The van der Waals surface area contributed by atoms with Crippen LogP contribution in [-0.2, 0) is 4.74 Å². The molecule has 2 rings (SSSR count). The molecule has 0 aromatic carbocycles. The van der Waals surface area contributed by atoms with Crippen LogP contribution >= 0.6 is 0 Å². The minimum atomic E-state index is -0.501. The lowest BCUT2D eigenvalue weighted by atomic mass is 10.3. The zero-order valence-electron chi connectivity index (χ0n) is 7.97. The van der Waals surface area contributed by atoms with Gasteiger partial charge in [0, 0.05) is 6.20 Å². The van der Waals surface area contributed by atoms with Gasteiger partial charge in [-0.1, -0.05) is 0 Å². The number of nitrogens with one attached hydrogen (secondary N) is 1. The predicted octanol–water partition coefficient (Wildman–Crippen LogP) is 0.653. The number of carbonyl (C=O) groups excluding carboxylic acids is 1. The van der Waals surface area contributed by atoms with Crippen LogP contribution in [0.25, 0.3) is 11.4 Å². The van der Waals surface area contributed by atoms with E-state index in [1.54, 1.807) is 12.3 Å². The maximum atomic E-state index is 11.1. The van der Waals surface area contributed by atoms with Gasteiger partial charge in [0.05, 0.1) is 25.2 Å². The van der Waals surface area contributed by atoms with Gasteiger partial charge < -0.3 is 4.74 Å². The number of rotatable bonds is 2. The van der Waals surface area contributed by atoms with Gasteiger partial charge in [0.2, 0.25) is 0 Å². The van der Waals surface area contributed by atoms with E-state index in [9.17, 15) is 4.79 Å². The van der Waals surface area contributed by atoms with E-state index in [-0.39, 0.29) is 5.69 Å². The zero-order chi connectivity index (χ0) is 10.7. The largest absolute Gasteiger partial charge is 0.464 e. The molecule has 0 saturated heterocycles. The molecule has 15 heavy (non-hydrogen) atoms. The van der Waals surface area contributed by atoms with Crippen LogP contribution in [0.15, 0.2) is 24.7 Å². The summed E-state index contributed by atoms with van der Waals surface area (Å²) in [5, 5.41) is 6.54. The second kappa shape index (κ2) is 3.87. The number of aromatic nitrogens is 4. The van der Waals surface area contributed by atoms with Crippen molar-refractivity contribution >= 4 is 5.97 Å². The summed E-state index contributed by atoms with van der Waals surface area (Å²) in [6.45, 7) is 0. The van der Waals surface area contributed by atoms with Crippen molar-refractivity contribution < 1.29 is 9.53 Å². The summed E-state index contributed by atoms with van der Waals surface area (Å²) in [6, 6.07) is 1.77. The number of esters is 1. The summed E-state index contributed by atoms with van der Waals surface area (Å²) < 4.78 is 4.51. The van der Waals surface area contributed by atoms with Crippen molar-refractivity contribution in [3.63, 3.8) is 0 Å². The van der Waals surface area contributed by atoms with Gasteiger partial charge in [0.15, 0.2) is 5.69 Å². The molecule has 1 N–H and O–H groups in total. The van der Waals surface area contributed by atoms with E-state index < -0.39 is 5.97 Å². The van der Waals surface area contributed by atoms with Crippen molar-refractivity contribution in [3.05, 3.63) is 30.4 Å². The Balaban J connectivity index is 2.29. The van der Waals surface area contributed by atoms with Crippen molar-refractivity contribution in [2.75, 3.05) is 7.11 Å². The van der Waals surface area contributed by atoms with Crippen LogP contribution in [0.5, 0.6) is 0 Å². The highest BCUT2D eigenvalue weighted by Crippen LogP contribution is 2.11. The van der Waals surface area contributed by atoms with Crippen LogP contribution in [0, 0.1) is 0 Å². The second-order valence-electron chi connectivity index (χ2n) is 2.75. The SMILES string of the molecule is COC(=O)c1cnc(-c2ccn[nH]2)cn1. The van der Waals surface area contributed by atoms with E-state index in [0.717, 1.165) is 5.69 Å². The van der Waals surface area contributed by atoms with E-state index in [1.165, 1.54) is 19.5 Å². The molecule has 0 bridgehead atoms. The molecule has 0 spiro atoms. The summed E-state index contributed by atoms with van der Waals surface area (Å²) in [5.41, 5.74) is 1.56. The van der Waals surface area contributed by atoms with E-state index in [0.29, 0.717) is 5.69 Å². The summed E-state index contributed by atoms with van der Waals surface area (Å²) in [4.78, 5) is 19.0. The first-order valence-corrected chi connectivity index (χ1v) is 4.21. The van der Waals surface area contributed by atoms with Gasteiger partial charge in [-0.25, -0.2) is 9.78 Å². The van der Waals surface area contributed by atoms with Crippen molar-refractivity contribution in [3.8, 4) is 11.4 Å². The Bertz CT molecular complexity index is 449. The Morgan fingerprint density at radius 1 is 1.40 bits per heavy atom. The highest BCUT2D eigenvalue weighted by atomic mass is 16.5. The van der Waals surface area contributed by atoms with Crippen LogP contribution < -0.4 is 0 Å². The number of carbonyl (C=O) groups is 1. The Morgan fingerprint density at radius 2 is 2.27 bits per heavy atom. The molecule has 0 amide bonds. The normalized spacial score (nSPS) is 9.93. The molecule has 0 atom stereocenters. The van der Waals surface area contributed by atoms with Gasteiger partial charge >= 0.3 is 5.97 Å². The van der Waals surface area contributed by atoms with Crippen LogP contribution in [-0.4, -0.2) is 33.2 Å². The van der Waals surface area contributed by atoms with Gasteiger partial charge in [-0.2, -0.15) is 5.10 Å². The molecule has 76 valence electrons. The zero-order valence-corrected chi connectivity index (χ0v) is 7.97. The lowest BCUT2D eigenvalue weighted by Crippen LogP contribution is -2.04. The first kappa shape index (κ1) is 9.32. The lowest BCUT2D eigenvalue weighted by Gasteiger charge is -1.98. The average molecular weight is 204 g/mol. The Kier molecular flexibility index (Phi) is 2.40. The summed E-state index contributed by atoms with van der Waals surface area (Å²) in [5.74, 6) is -0.501. The molecule has 0 saturated carbocycles. The molecule has 0 fully saturated rings. The molecule has 0 aliphatic heterocycles. The fourth-order valence-corrected chi connectivity index (χ4v) is 1.08. The van der Waals surface area contributed by atoms with Crippen LogP contribution in [0.4, 0.5) is 0 Å². The summed E-state index contributed by atoms with van der Waals surface area (Å²) in [7, 11) is 1.30. The maximum Gasteiger partial charge on any atom is 0.358 e. The first-order valence-electron chi connectivity index (χ1n) is 4.21. The molecule has 0 aliphatic rings. The maximum absolute atomic E-state index is 11.1. The molecule has 0 aliphatic carbocycles. The standard InChI is InChI=1S/C9H8N4O2/c1-15-9(14)8-5-10-7(4-11-8)6-2-3-12-13-6/h2-5H,1H3,(H,12,13). The van der Waals surface area contributed by atoms with Gasteiger partial charge in [-0.3, -0.25) is 10.1 Å². The fourth-order valence-electron chi connectivity index (χ4n) is 1.08. The fraction of sp³-hybridized carbons (Fsp3) is 0.111. The van der Waals surface area contributed by atoms with E-state index >= 15 is 0 Å². The smallest absolute Gasteiger partial charge is 0.358 e. The van der Waals surface area contributed by atoms with Gasteiger partial charge in [-0.05, 0) is 6.07 Å². The minimum absolute atomic E-state index is 0.181. The number of methoxy groups -OCH3 is 1.